The zero-order valence-corrected chi connectivity index (χ0v) is 19.6. The van der Waals surface area contributed by atoms with Crippen LogP contribution in [-0.2, 0) is 27.8 Å². The Hall–Kier alpha value is -2.71. The molecule has 2 aromatic rings. The lowest BCUT2D eigenvalue weighted by atomic mass is 10.1. The van der Waals surface area contributed by atoms with Crippen LogP contribution in [0.3, 0.4) is 0 Å². The molecule has 7 nitrogen and oxygen atoms in total. The zero-order chi connectivity index (χ0) is 23.4. The Kier molecular flexibility index (Phi) is 7.14. The highest BCUT2D eigenvalue weighted by Crippen LogP contribution is 2.29. The molecule has 0 aromatic heterocycles. The maximum Gasteiger partial charge on any atom is 0.248 e. The van der Waals surface area contributed by atoms with Gasteiger partial charge in [0, 0.05) is 37.7 Å². The second kappa shape index (κ2) is 10.1. The molecule has 2 aromatic carbocycles. The van der Waals surface area contributed by atoms with Crippen molar-refractivity contribution in [3.63, 3.8) is 0 Å². The number of benzene rings is 2. The molecule has 1 heterocycles. The van der Waals surface area contributed by atoms with Crippen LogP contribution < -0.4 is 5.73 Å². The number of nitrogens with two attached hydrogens (primary N) is 1. The number of aryl methyl sites for hydroxylation is 1. The highest BCUT2D eigenvalue weighted by atomic mass is 32.2. The Balaban J connectivity index is 1.35. The molecule has 0 spiro atoms. The number of hydrogen-bond acceptors (Lipinski definition) is 4. The summed E-state index contributed by atoms with van der Waals surface area (Å²) in [6, 6.07) is 14.3. The number of primary amides is 1. The van der Waals surface area contributed by atoms with Gasteiger partial charge in [0.25, 0.3) is 0 Å². The third-order valence-electron chi connectivity index (χ3n) is 6.40. The maximum atomic E-state index is 13.0. The molecule has 0 unspecified atom stereocenters. The number of rotatable bonds is 9. The van der Waals surface area contributed by atoms with E-state index in [1.807, 2.05) is 29.2 Å². The minimum Gasteiger partial charge on any atom is -0.366 e. The van der Waals surface area contributed by atoms with E-state index in [4.69, 9.17) is 5.73 Å². The highest BCUT2D eigenvalue weighted by molar-refractivity contribution is 7.89. The molecule has 0 bridgehead atoms. The lowest BCUT2D eigenvalue weighted by Crippen LogP contribution is -2.35. The van der Waals surface area contributed by atoms with Gasteiger partial charge in [-0.1, -0.05) is 30.7 Å². The van der Waals surface area contributed by atoms with Crippen LogP contribution in [0.5, 0.6) is 0 Å². The van der Waals surface area contributed by atoms with Crippen LogP contribution in [0, 0.1) is 0 Å². The van der Waals surface area contributed by atoms with Crippen LogP contribution >= 0.6 is 0 Å². The van der Waals surface area contributed by atoms with E-state index in [0.29, 0.717) is 42.9 Å². The van der Waals surface area contributed by atoms with E-state index >= 15 is 0 Å². The third kappa shape index (κ3) is 5.81. The zero-order valence-electron chi connectivity index (χ0n) is 18.8. The number of piperidine rings is 1. The minimum absolute atomic E-state index is 0.0847. The minimum atomic E-state index is -3.44. The van der Waals surface area contributed by atoms with Crippen molar-refractivity contribution in [2.75, 3.05) is 13.1 Å². The second-order valence-electron chi connectivity index (χ2n) is 8.92. The summed E-state index contributed by atoms with van der Waals surface area (Å²) in [5.41, 5.74) is 7.66. The fraction of sp³-hybridized carbons (Fsp3) is 0.440. The number of amides is 2. The van der Waals surface area contributed by atoms with Gasteiger partial charge in [-0.25, -0.2) is 8.42 Å². The summed E-state index contributed by atoms with van der Waals surface area (Å²) in [7, 11) is -3.44. The van der Waals surface area contributed by atoms with Crippen LogP contribution in [0.25, 0.3) is 0 Å². The van der Waals surface area contributed by atoms with Crippen LogP contribution in [-0.4, -0.2) is 48.6 Å². The van der Waals surface area contributed by atoms with Gasteiger partial charge in [0.1, 0.15) is 0 Å². The van der Waals surface area contributed by atoms with E-state index in [-0.39, 0.29) is 11.9 Å². The first-order valence-electron chi connectivity index (χ1n) is 11.6. The van der Waals surface area contributed by atoms with Crippen molar-refractivity contribution >= 4 is 21.8 Å². The molecule has 1 aliphatic heterocycles. The van der Waals surface area contributed by atoms with Crippen molar-refractivity contribution in [2.24, 2.45) is 5.73 Å². The summed E-state index contributed by atoms with van der Waals surface area (Å²) in [5, 5.41) is 0. The summed E-state index contributed by atoms with van der Waals surface area (Å²) in [5.74, 6) is -0.382. The average Bonchev–Trinajstić information content (AvgIpc) is 3.67. The number of hydrogen-bond donors (Lipinski definition) is 1. The first-order chi connectivity index (χ1) is 15.8. The van der Waals surface area contributed by atoms with Crippen LogP contribution in [0.1, 0.15) is 60.0 Å². The molecule has 1 aliphatic carbocycles. The number of sulfonamides is 1. The molecule has 1 saturated carbocycles. The first kappa shape index (κ1) is 23.4. The quantitative estimate of drug-likeness (QED) is 0.610. The molecule has 33 heavy (non-hydrogen) atoms. The van der Waals surface area contributed by atoms with Crippen molar-refractivity contribution in [1.29, 1.82) is 0 Å². The van der Waals surface area contributed by atoms with Gasteiger partial charge in [0.15, 0.2) is 0 Å². The van der Waals surface area contributed by atoms with Gasteiger partial charge in [-0.3, -0.25) is 9.59 Å². The molecule has 2 N–H and O–H groups in total. The van der Waals surface area contributed by atoms with Gasteiger partial charge in [0.05, 0.1) is 4.90 Å². The van der Waals surface area contributed by atoms with Gasteiger partial charge < -0.3 is 10.6 Å². The molecular formula is C25H31N3O4S. The van der Waals surface area contributed by atoms with E-state index in [2.05, 4.69) is 0 Å². The van der Waals surface area contributed by atoms with Crippen molar-refractivity contribution in [3.05, 3.63) is 65.2 Å². The Morgan fingerprint density at radius 3 is 2.09 bits per heavy atom. The molecule has 2 amide bonds. The summed E-state index contributed by atoms with van der Waals surface area (Å²) in [6.45, 7) is 1.68. The third-order valence-corrected chi connectivity index (χ3v) is 8.32. The molecule has 0 radical (unpaired) electrons. The summed E-state index contributed by atoms with van der Waals surface area (Å²) >= 11 is 0. The van der Waals surface area contributed by atoms with E-state index in [9.17, 15) is 18.0 Å². The summed E-state index contributed by atoms with van der Waals surface area (Å²) < 4.78 is 27.2. The van der Waals surface area contributed by atoms with Crippen molar-refractivity contribution < 1.29 is 18.0 Å². The molecule has 4 rings (SSSR count). The predicted octanol–water partition coefficient (Wildman–Crippen LogP) is 3.08. The monoisotopic (exact) mass is 469 g/mol. The number of nitrogens with zero attached hydrogens (tertiary/aromatic N) is 2. The van der Waals surface area contributed by atoms with E-state index in [1.165, 1.54) is 0 Å². The van der Waals surface area contributed by atoms with Crippen LogP contribution in [0.15, 0.2) is 53.4 Å². The van der Waals surface area contributed by atoms with Gasteiger partial charge in [0.2, 0.25) is 21.8 Å². The summed E-state index contributed by atoms with van der Waals surface area (Å²) in [4.78, 5) is 26.4. The maximum absolute atomic E-state index is 13.0. The van der Waals surface area contributed by atoms with Gasteiger partial charge >= 0.3 is 0 Å². The fourth-order valence-corrected chi connectivity index (χ4v) is 5.77. The highest BCUT2D eigenvalue weighted by Gasteiger charge is 2.32. The Morgan fingerprint density at radius 1 is 0.909 bits per heavy atom. The molecule has 8 heteroatoms. The normalized spacial score (nSPS) is 17.0. The molecule has 2 aliphatic rings. The predicted molar refractivity (Wildman–Crippen MR) is 126 cm³/mol. The SMILES string of the molecule is NC(=O)c1ccc(CN(C(=O)CCc2ccc(S(=O)(=O)N3CCCCC3)cc2)C2CC2)cc1. The van der Waals surface area contributed by atoms with Gasteiger partial charge in [-0.15, -0.1) is 0 Å². The second-order valence-corrected chi connectivity index (χ2v) is 10.9. The van der Waals surface area contributed by atoms with Crippen molar-refractivity contribution in [3.8, 4) is 0 Å². The van der Waals surface area contributed by atoms with Crippen molar-refractivity contribution in [1.82, 2.24) is 9.21 Å². The fourth-order valence-electron chi connectivity index (χ4n) is 4.26. The standard InChI is InChI=1S/C25H31N3O4S/c26-25(30)21-9-4-20(5-10-21)18-28(22-11-12-22)24(29)15-8-19-6-13-23(14-7-19)33(31,32)27-16-2-1-3-17-27/h4-7,9-10,13-14,22H,1-3,8,11-12,15-18H2,(H2,26,30). The van der Waals surface area contributed by atoms with Crippen LogP contribution in [0.4, 0.5) is 0 Å². The Labute approximate surface area is 195 Å². The largest absolute Gasteiger partial charge is 0.366 e. The first-order valence-corrected chi connectivity index (χ1v) is 13.1. The molecule has 1 saturated heterocycles. The lowest BCUT2D eigenvalue weighted by molar-refractivity contribution is -0.132. The Morgan fingerprint density at radius 2 is 1.52 bits per heavy atom. The number of carbonyl (C=O) groups excluding carboxylic acids is 2. The van der Waals surface area contributed by atoms with Crippen LogP contribution in [0.2, 0.25) is 0 Å². The molecule has 176 valence electrons. The molecular weight excluding hydrogens is 438 g/mol. The van der Waals surface area contributed by atoms with Gasteiger partial charge in [-0.2, -0.15) is 4.31 Å². The van der Waals surface area contributed by atoms with E-state index in [1.54, 1.807) is 28.6 Å². The van der Waals surface area contributed by atoms with E-state index < -0.39 is 15.9 Å². The molecule has 2 fully saturated rings. The summed E-state index contributed by atoms with van der Waals surface area (Å²) in [6.07, 6.45) is 5.84. The van der Waals surface area contributed by atoms with Gasteiger partial charge in [-0.05, 0) is 67.5 Å². The lowest BCUT2D eigenvalue weighted by Gasteiger charge is -2.26. The Bertz CT molecular complexity index is 1090. The molecule has 0 atom stereocenters. The smallest absolute Gasteiger partial charge is 0.248 e. The van der Waals surface area contributed by atoms with Crippen molar-refractivity contribution in [2.45, 2.75) is 62.4 Å². The van der Waals surface area contributed by atoms with E-state index in [0.717, 1.165) is 43.2 Å². The topological polar surface area (TPSA) is 101 Å². The average molecular weight is 470 g/mol. The number of carbonyl (C=O) groups is 2.